The van der Waals surface area contributed by atoms with Gasteiger partial charge < -0.3 is 9.84 Å². The fourth-order valence-corrected chi connectivity index (χ4v) is 1.01. The van der Waals surface area contributed by atoms with Gasteiger partial charge in [0, 0.05) is 0 Å². The molecule has 1 rings (SSSR count). The molecule has 0 saturated heterocycles. The van der Waals surface area contributed by atoms with Crippen molar-refractivity contribution in [1.29, 1.82) is 0 Å². The normalized spacial score (nSPS) is 9.42. The highest BCUT2D eigenvalue weighted by Gasteiger charge is 1.94. The Hall–Kier alpha value is -1.44. The maximum Gasteiger partial charge on any atom is 0.111 e. The fourth-order valence-electron chi connectivity index (χ4n) is 1.01. The van der Waals surface area contributed by atoms with Crippen molar-refractivity contribution < 1.29 is 9.84 Å². The summed E-state index contributed by atoms with van der Waals surface area (Å²) in [6, 6.07) is 5.04. The van der Waals surface area contributed by atoms with Gasteiger partial charge in [0.05, 0.1) is 7.11 Å². The first-order valence-electron chi connectivity index (χ1n) is 3.72. The highest BCUT2D eigenvalue weighted by atomic mass is 16.5. The number of ether oxygens (including phenoxy) is 1. The molecule has 0 heterocycles. The molecule has 0 aliphatic heterocycles. The van der Waals surface area contributed by atoms with Crippen molar-refractivity contribution in [2.75, 3.05) is 7.11 Å². The summed E-state index contributed by atoms with van der Waals surface area (Å²) in [5, 5.41) is 11.1. The van der Waals surface area contributed by atoms with Gasteiger partial charge in [0.15, 0.2) is 0 Å². The Bertz CT molecular complexity index is 279. The third kappa shape index (κ3) is 1.78. The van der Waals surface area contributed by atoms with Crippen LogP contribution >= 0.6 is 0 Å². The lowest BCUT2D eigenvalue weighted by molar-refractivity contribution is -0.270. The number of hydrogen-bond donors (Lipinski definition) is 0. The van der Waals surface area contributed by atoms with Crippen LogP contribution in [0.4, 0.5) is 0 Å². The third-order valence-electron chi connectivity index (χ3n) is 1.61. The van der Waals surface area contributed by atoms with Gasteiger partial charge in [-0.1, -0.05) is 24.0 Å². The molecule has 12 heavy (non-hydrogen) atoms. The van der Waals surface area contributed by atoms with E-state index in [0.717, 1.165) is 12.0 Å². The van der Waals surface area contributed by atoms with E-state index in [1.54, 1.807) is 18.2 Å². The van der Waals surface area contributed by atoms with Gasteiger partial charge >= 0.3 is 0 Å². The second-order valence-corrected chi connectivity index (χ2v) is 2.48. The van der Waals surface area contributed by atoms with Crippen molar-refractivity contribution in [3.63, 3.8) is 0 Å². The topological polar surface area (TPSA) is 32.3 Å². The monoisotopic (exact) mass is 163 g/mol. The van der Waals surface area contributed by atoms with Crippen LogP contribution in [0.1, 0.15) is 5.56 Å². The van der Waals surface area contributed by atoms with Crippen LogP contribution < -0.4 is 9.84 Å². The van der Waals surface area contributed by atoms with E-state index in [1.807, 2.05) is 0 Å². The SMILES string of the molecule is C=CCc1ccc([O-])c(OC)c1. The van der Waals surface area contributed by atoms with Crippen LogP contribution in [0.25, 0.3) is 0 Å². The van der Waals surface area contributed by atoms with Crippen LogP contribution in [0, 0.1) is 0 Å². The van der Waals surface area contributed by atoms with Crippen molar-refractivity contribution in [3.8, 4) is 11.5 Å². The predicted octanol–water partition coefficient (Wildman–Crippen LogP) is 1.50. The largest absolute Gasteiger partial charge is 0.870 e. The zero-order chi connectivity index (χ0) is 8.97. The molecule has 0 aromatic heterocycles. The van der Waals surface area contributed by atoms with Crippen LogP contribution in [0.15, 0.2) is 30.9 Å². The van der Waals surface area contributed by atoms with E-state index in [2.05, 4.69) is 6.58 Å². The lowest BCUT2D eigenvalue weighted by Crippen LogP contribution is -1.95. The van der Waals surface area contributed by atoms with E-state index >= 15 is 0 Å². The van der Waals surface area contributed by atoms with E-state index < -0.39 is 0 Å². The van der Waals surface area contributed by atoms with Crippen LogP contribution in [-0.4, -0.2) is 7.11 Å². The number of benzene rings is 1. The van der Waals surface area contributed by atoms with Crippen molar-refractivity contribution in [2.24, 2.45) is 0 Å². The zero-order valence-electron chi connectivity index (χ0n) is 7.04. The number of hydrogen-bond acceptors (Lipinski definition) is 2. The van der Waals surface area contributed by atoms with Gasteiger partial charge in [0.25, 0.3) is 0 Å². The fraction of sp³-hybridized carbons (Fsp3) is 0.200. The van der Waals surface area contributed by atoms with Gasteiger partial charge in [-0.3, -0.25) is 0 Å². The summed E-state index contributed by atoms with van der Waals surface area (Å²) < 4.78 is 4.89. The van der Waals surface area contributed by atoms with Gasteiger partial charge in [-0.2, -0.15) is 0 Å². The van der Waals surface area contributed by atoms with E-state index in [4.69, 9.17) is 4.74 Å². The lowest BCUT2D eigenvalue weighted by Gasteiger charge is -2.12. The Morgan fingerprint density at radius 2 is 2.33 bits per heavy atom. The van der Waals surface area contributed by atoms with Crippen molar-refractivity contribution in [3.05, 3.63) is 36.4 Å². The summed E-state index contributed by atoms with van der Waals surface area (Å²) in [5.41, 5.74) is 1.04. The van der Waals surface area contributed by atoms with E-state index in [1.165, 1.54) is 13.2 Å². The molecule has 0 amide bonds. The minimum Gasteiger partial charge on any atom is -0.870 e. The van der Waals surface area contributed by atoms with E-state index in [-0.39, 0.29) is 5.75 Å². The van der Waals surface area contributed by atoms with Gasteiger partial charge in [-0.15, -0.1) is 6.58 Å². The predicted molar refractivity (Wildman–Crippen MR) is 46.3 cm³/mol. The zero-order valence-corrected chi connectivity index (χ0v) is 7.04. The second-order valence-electron chi connectivity index (χ2n) is 2.48. The summed E-state index contributed by atoms with van der Waals surface area (Å²) in [6.45, 7) is 3.61. The lowest BCUT2D eigenvalue weighted by atomic mass is 10.1. The summed E-state index contributed by atoms with van der Waals surface area (Å²) in [5.74, 6) is 0.319. The minimum atomic E-state index is -0.0784. The quantitative estimate of drug-likeness (QED) is 0.632. The first-order valence-corrected chi connectivity index (χ1v) is 3.72. The van der Waals surface area contributed by atoms with E-state index in [0.29, 0.717) is 5.75 Å². The third-order valence-corrected chi connectivity index (χ3v) is 1.61. The molecule has 1 aromatic rings. The summed E-state index contributed by atoms with van der Waals surface area (Å²) in [6.07, 6.45) is 2.55. The molecule has 0 N–H and O–H groups in total. The van der Waals surface area contributed by atoms with E-state index in [9.17, 15) is 5.11 Å². The molecule has 0 unspecified atom stereocenters. The first kappa shape index (κ1) is 8.65. The van der Waals surface area contributed by atoms with Gasteiger partial charge in [0.2, 0.25) is 0 Å². The number of methoxy groups -OCH3 is 1. The molecule has 1 aromatic carbocycles. The van der Waals surface area contributed by atoms with Crippen LogP contribution in [0.3, 0.4) is 0 Å². The molecule has 2 heteroatoms. The Kier molecular flexibility index (Phi) is 2.75. The average molecular weight is 163 g/mol. The molecule has 0 radical (unpaired) electrons. The summed E-state index contributed by atoms with van der Waals surface area (Å²) in [7, 11) is 1.49. The Labute approximate surface area is 72.1 Å². The first-order chi connectivity index (χ1) is 5.77. The smallest absolute Gasteiger partial charge is 0.111 e. The van der Waals surface area contributed by atoms with Crippen LogP contribution in [0.5, 0.6) is 11.5 Å². The molecular formula is C10H11O2-. The number of allylic oxidation sites excluding steroid dienone is 1. The molecular weight excluding hydrogens is 152 g/mol. The van der Waals surface area contributed by atoms with Crippen molar-refractivity contribution >= 4 is 0 Å². The second kappa shape index (κ2) is 3.81. The molecule has 2 nitrogen and oxygen atoms in total. The summed E-state index contributed by atoms with van der Waals surface area (Å²) in [4.78, 5) is 0. The van der Waals surface area contributed by atoms with Crippen molar-refractivity contribution in [1.82, 2.24) is 0 Å². The molecule has 0 spiro atoms. The Balaban J connectivity index is 2.96. The Morgan fingerprint density at radius 1 is 1.58 bits per heavy atom. The Morgan fingerprint density at radius 3 is 2.92 bits per heavy atom. The molecule has 64 valence electrons. The van der Waals surface area contributed by atoms with Gasteiger partial charge in [-0.05, 0) is 18.1 Å². The summed E-state index contributed by atoms with van der Waals surface area (Å²) >= 11 is 0. The highest BCUT2D eigenvalue weighted by molar-refractivity contribution is 5.41. The maximum atomic E-state index is 11.1. The highest BCUT2D eigenvalue weighted by Crippen LogP contribution is 2.23. The van der Waals surface area contributed by atoms with Gasteiger partial charge in [0.1, 0.15) is 5.75 Å². The molecule has 0 fully saturated rings. The van der Waals surface area contributed by atoms with Gasteiger partial charge in [-0.25, -0.2) is 0 Å². The molecule has 0 aliphatic carbocycles. The standard InChI is InChI=1S/C10H12O2/c1-3-4-8-5-6-9(11)10(7-8)12-2/h3,5-7,11H,1,4H2,2H3/p-1. The molecule has 0 bridgehead atoms. The average Bonchev–Trinajstić information content (AvgIpc) is 2.09. The van der Waals surface area contributed by atoms with Crippen LogP contribution in [-0.2, 0) is 6.42 Å². The molecule has 0 atom stereocenters. The minimum absolute atomic E-state index is 0.0784. The maximum absolute atomic E-state index is 11.1. The number of rotatable bonds is 3. The van der Waals surface area contributed by atoms with Crippen molar-refractivity contribution in [2.45, 2.75) is 6.42 Å². The molecule has 0 saturated carbocycles. The van der Waals surface area contributed by atoms with Crippen LogP contribution in [0.2, 0.25) is 0 Å². The molecule has 0 aliphatic rings.